The lowest BCUT2D eigenvalue weighted by molar-refractivity contribution is -0.384. The summed E-state index contributed by atoms with van der Waals surface area (Å²) in [4.78, 5) is 26.1. The molecular formula is C11H12N4O3. The van der Waals surface area contributed by atoms with Crippen molar-refractivity contribution in [1.82, 2.24) is 9.97 Å². The van der Waals surface area contributed by atoms with E-state index in [1.807, 2.05) is 0 Å². The molecule has 2 heterocycles. The Morgan fingerprint density at radius 1 is 1.39 bits per heavy atom. The van der Waals surface area contributed by atoms with Crippen molar-refractivity contribution in [3.8, 4) is 0 Å². The topological polar surface area (TPSA) is 115 Å². The second-order valence-corrected chi connectivity index (χ2v) is 3.35. The van der Waals surface area contributed by atoms with Crippen LogP contribution < -0.4 is 11.3 Å². The predicted molar refractivity (Wildman–Crippen MR) is 67.1 cm³/mol. The van der Waals surface area contributed by atoms with E-state index in [1.54, 1.807) is 31.3 Å². The third-order valence-electron chi connectivity index (χ3n) is 2.02. The van der Waals surface area contributed by atoms with Gasteiger partial charge in [-0.2, -0.15) is 0 Å². The highest BCUT2D eigenvalue weighted by molar-refractivity contribution is 5.56. The molecule has 0 bridgehead atoms. The normalized spacial score (nSPS) is 9.17. The first-order valence-corrected chi connectivity index (χ1v) is 5.01. The fourth-order valence-electron chi connectivity index (χ4n) is 1.19. The second kappa shape index (κ2) is 6.14. The molecule has 0 fully saturated rings. The van der Waals surface area contributed by atoms with Crippen molar-refractivity contribution in [1.29, 1.82) is 0 Å². The van der Waals surface area contributed by atoms with Gasteiger partial charge in [0.15, 0.2) is 0 Å². The van der Waals surface area contributed by atoms with Crippen LogP contribution >= 0.6 is 0 Å². The van der Waals surface area contributed by atoms with Crippen LogP contribution in [0.4, 0.5) is 11.5 Å². The highest BCUT2D eigenvalue weighted by Gasteiger charge is 2.14. The minimum atomic E-state index is -0.530. The second-order valence-electron chi connectivity index (χ2n) is 3.35. The SMILES string of the molecule is Cc1ccnc(N)c1[N+](=O)[O-].O=c1cccc[nH]1. The van der Waals surface area contributed by atoms with Crippen molar-refractivity contribution in [2.45, 2.75) is 6.92 Å². The molecular weight excluding hydrogens is 236 g/mol. The molecule has 0 aliphatic rings. The maximum absolute atomic E-state index is 10.3. The number of hydrogen-bond donors (Lipinski definition) is 2. The van der Waals surface area contributed by atoms with Gasteiger partial charge < -0.3 is 10.7 Å². The molecule has 7 nitrogen and oxygen atoms in total. The van der Waals surface area contributed by atoms with Crippen LogP contribution in [0, 0.1) is 17.0 Å². The molecule has 2 aromatic heterocycles. The first-order valence-electron chi connectivity index (χ1n) is 5.01. The molecule has 0 aliphatic heterocycles. The summed E-state index contributed by atoms with van der Waals surface area (Å²) in [5.74, 6) is -0.0324. The fourth-order valence-corrected chi connectivity index (χ4v) is 1.19. The summed E-state index contributed by atoms with van der Waals surface area (Å²) < 4.78 is 0. The van der Waals surface area contributed by atoms with E-state index >= 15 is 0 Å². The Labute approximate surface area is 102 Å². The van der Waals surface area contributed by atoms with Crippen LogP contribution in [-0.2, 0) is 0 Å². The number of nitrogens with two attached hydrogens (primary N) is 1. The van der Waals surface area contributed by atoms with E-state index in [-0.39, 0.29) is 17.1 Å². The third-order valence-corrected chi connectivity index (χ3v) is 2.02. The number of nitrogen functional groups attached to an aromatic ring is 1. The standard InChI is InChI=1S/C6H7N3O2.C5H5NO/c1-4-2-3-8-6(7)5(4)9(10)11;7-5-3-1-2-4-6-5/h2-3H,1H3,(H2,7,8);1-4H,(H,6,7). The Morgan fingerprint density at radius 3 is 2.44 bits per heavy atom. The van der Waals surface area contributed by atoms with Gasteiger partial charge >= 0.3 is 5.69 Å². The van der Waals surface area contributed by atoms with Gasteiger partial charge in [-0.3, -0.25) is 14.9 Å². The van der Waals surface area contributed by atoms with Crippen LogP contribution in [0.15, 0.2) is 41.5 Å². The van der Waals surface area contributed by atoms with Crippen molar-refractivity contribution in [3.05, 3.63) is 62.7 Å². The van der Waals surface area contributed by atoms with Crippen LogP contribution in [0.1, 0.15) is 5.56 Å². The molecule has 0 unspecified atom stereocenters. The number of hydrogen-bond acceptors (Lipinski definition) is 5. The monoisotopic (exact) mass is 248 g/mol. The maximum Gasteiger partial charge on any atom is 0.314 e. The zero-order valence-electron chi connectivity index (χ0n) is 9.66. The summed E-state index contributed by atoms with van der Waals surface area (Å²) >= 11 is 0. The van der Waals surface area contributed by atoms with Crippen LogP contribution in [0.2, 0.25) is 0 Å². The molecule has 0 amide bonds. The van der Waals surface area contributed by atoms with E-state index in [9.17, 15) is 14.9 Å². The fraction of sp³-hybridized carbons (Fsp3) is 0.0909. The van der Waals surface area contributed by atoms with Crippen LogP contribution in [-0.4, -0.2) is 14.9 Å². The van der Waals surface area contributed by atoms with Crippen molar-refractivity contribution >= 4 is 11.5 Å². The van der Waals surface area contributed by atoms with E-state index < -0.39 is 4.92 Å². The Hall–Kier alpha value is -2.70. The lowest BCUT2D eigenvalue weighted by atomic mass is 10.2. The molecule has 0 saturated heterocycles. The molecule has 7 heteroatoms. The quantitative estimate of drug-likeness (QED) is 0.582. The Balaban J connectivity index is 0.000000199. The average Bonchev–Trinajstić information content (AvgIpc) is 2.30. The van der Waals surface area contributed by atoms with Gasteiger partial charge in [0.1, 0.15) is 0 Å². The molecule has 0 spiro atoms. The number of anilines is 1. The van der Waals surface area contributed by atoms with E-state index in [0.717, 1.165) is 0 Å². The Bertz CT molecular complexity index is 557. The van der Waals surface area contributed by atoms with Crippen molar-refractivity contribution in [2.24, 2.45) is 0 Å². The first-order chi connectivity index (χ1) is 8.52. The molecule has 0 aliphatic carbocycles. The number of rotatable bonds is 1. The number of aryl methyl sites for hydroxylation is 1. The van der Waals surface area contributed by atoms with Gasteiger partial charge in [0.2, 0.25) is 11.4 Å². The molecule has 94 valence electrons. The smallest absolute Gasteiger partial charge is 0.314 e. The zero-order valence-corrected chi connectivity index (χ0v) is 9.66. The largest absolute Gasteiger partial charge is 0.378 e. The molecule has 3 N–H and O–H groups in total. The number of nitrogens with zero attached hydrogens (tertiary/aromatic N) is 2. The van der Waals surface area contributed by atoms with E-state index in [0.29, 0.717) is 5.56 Å². The average molecular weight is 248 g/mol. The first kappa shape index (κ1) is 13.4. The third kappa shape index (κ3) is 3.71. The van der Waals surface area contributed by atoms with Gasteiger partial charge in [-0.1, -0.05) is 6.07 Å². The van der Waals surface area contributed by atoms with Crippen LogP contribution in [0.25, 0.3) is 0 Å². The van der Waals surface area contributed by atoms with Crippen molar-refractivity contribution in [3.63, 3.8) is 0 Å². The minimum Gasteiger partial charge on any atom is -0.378 e. The van der Waals surface area contributed by atoms with Gasteiger partial charge in [-0.05, 0) is 19.1 Å². The molecule has 0 atom stereocenters. The van der Waals surface area contributed by atoms with Gasteiger partial charge in [0.25, 0.3) is 0 Å². The van der Waals surface area contributed by atoms with Gasteiger partial charge in [0.05, 0.1) is 4.92 Å². The van der Waals surface area contributed by atoms with Gasteiger partial charge in [-0.15, -0.1) is 0 Å². The zero-order chi connectivity index (χ0) is 13.5. The van der Waals surface area contributed by atoms with Crippen molar-refractivity contribution in [2.75, 3.05) is 5.73 Å². The molecule has 18 heavy (non-hydrogen) atoms. The van der Waals surface area contributed by atoms with E-state index in [1.165, 1.54) is 12.3 Å². The summed E-state index contributed by atoms with van der Waals surface area (Å²) in [7, 11) is 0. The number of pyridine rings is 2. The summed E-state index contributed by atoms with van der Waals surface area (Å²) in [5, 5.41) is 10.3. The number of aromatic amines is 1. The highest BCUT2D eigenvalue weighted by Crippen LogP contribution is 2.21. The number of aromatic nitrogens is 2. The lowest BCUT2D eigenvalue weighted by Gasteiger charge is -1.97. The molecule has 2 aromatic rings. The highest BCUT2D eigenvalue weighted by atomic mass is 16.6. The van der Waals surface area contributed by atoms with Gasteiger partial charge in [-0.25, -0.2) is 4.98 Å². The Kier molecular flexibility index (Phi) is 4.56. The van der Waals surface area contributed by atoms with E-state index in [2.05, 4.69) is 9.97 Å². The lowest BCUT2D eigenvalue weighted by Crippen LogP contribution is -1.99. The minimum absolute atomic E-state index is 0.0324. The molecule has 0 aromatic carbocycles. The number of H-pyrrole nitrogens is 1. The number of nitrogens with one attached hydrogen (secondary N) is 1. The van der Waals surface area contributed by atoms with Crippen LogP contribution in [0.3, 0.4) is 0 Å². The predicted octanol–water partition coefficient (Wildman–Crippen LogP) is 1.26. The van der Waals surface area contributed by atoms with Crippen molar-refractivity contribution < 1.29 is 4.92 Å². The molecule has 0 saturated carbocycles. The van der Waals surface area contributed by atoms with Gasteiger partial charge in [0, 0.05) is 24.0 Å². The summed E-state index contributed by atoms with van der Waals surface area (Å²) in [6.45, 7) is 1.62. The summed E-state index contributed by atoms with van der Waals surface area (Å²) in [6, 6.07) is 6.48. The summed E-state index contributed by atoms with van der Waals surface area (Å²) in [5.41, 5.74) is 5.64. The molecule has 2 rings (SSSR count). The molecule has 0 radical (unpaired) electrons. The maximum atomic E-state index is 10.3. The van der Waals surface area contributed by atoms with Crippen LogP contribution in [0.5, 0.6) is 0 Å². The van der Waals surface area contributed by atoms with E-state index in [4.69, 9.17) is 5.73 Å². The number of nitro groups is 1. The Morgan fingerprint density at radius 2 is 2.11 bits per heavy atom. The summed E-state index contributed by atoms with van der Waals surface area (Å²) in [6.07, 6.45) is 3.04.